The van der Waals surface area contributed by atoms with Crippen molar-refractivity contribution in [3.8, 4) is 11.8 Å². The van der Waals surface area contributed by atoms with Crippen LogP contribution in [0.3, 0.4) is 0 Å². The number of benzene rings is 2. The summed E-state index contributed by atoms with van der Waals surface area (Å²) in [5, 5.41) is 0. The molecule has 0 aromatic heterocycles. The van der Waals surface area contributed by atoms with Gasteiger partial charge in [0.2, 0.25) is 0 Å². The van der Waals surface area contributed by atoms with Gasteiger partial charge in [0.1, 0.15) is 0 Å². The van der Waals surface area contributed by atoms with Crippen molar-refractivity contribution in [1.82, 2.24) is 0 Å². The molecule has 0 nitrogen and oxygen atoms in total. The van der Waals surface area contributed by atoms with Gasteiger partial charge in [0.15, 0.2) is 0 Å². The fourth-order valence-corrected chi connectivity index (χ4v) is 9.93. The van der Waals surface area contributed by atoms with Crippen LogP contribution >= 0.6 is 15.8 Å². The average Bonchev–Trinajstić information content (AvgIpc) is 3.05. The minimum Gasteiger partial charge on any atom is -0.366 e. The van der Waals surface area contributed by atoms with E-state index in [9.17, 15) is 0 Å². The predicted molar refractivity (Wildman–Crippen MR) is 198 cm³/mol. The molecule has 2 rings (SSSR count). The third-order valence-electron chi connectivity index (χ3n) is 6.80. The van der Waals surface area contributed by atoms with Gasteiger partial charge in [-0.1, -0.05) is 116 Å². The fraction of sp³-hybridized carbons (Fsp3) is 0.600. The smallest absolute Gasteiger partial charge is 0.366 e. The van der Waals surface area contributed by atoms with Crippen molar-refractivity contribution in [1.29, 1.82) is 0 Å². The molecule has 0 N–H and O–H groups in total. The minimum absolute atomic E-state index is 0. The number of hydrogen-bond donors (Lipinski definition) is 0. The van der Waals surface area contributed by atoms with Crippen LogP contribution in [0.4, 0.5) is 0 Å². The monoisotopic (exact) mass is 664 g/mol. The second-order valence-corrected chi connectivity index (χ2v) is 16.2. The Morgan fingerprint density at radius 1 is 0.419 bits per heavy atom. The molecule has 0 heterocycles. The summed E-state index contributed by atoms with van der Waals surface area (Å²) < 4.78 is 0. The molecule has 0 saturated heterocycles. The Balaban J connectivity index is -0.000000503. The summed E-state index contributed by atoms with van der Waals surface area (Å²) in [6, 6.07) is 18.7. The minimum atomic E-state index is 0. The maximum absolute atomic E-state index is 6.69. The van der Waals surface area contributed by atoms with E-state index in [1.807, 2.05) is 60.7 Å². The van der Waals surface area contributed by atoms with Crippen LogP contribution in [0.15, 0.2) is 60.7 Å². The van der Waals surface area contributed by atoms with E-state index in [2.05, 4.69) is 53.4 Å². The van der Waals surface area contributed by atoms with Crippen LogP contribution in [0.1, 0.15) is 130 Å². The van der Waals surface area contributed by atoms with Gasteiger partial charge in [-0.05, 0) is 75.5 Å². The SMILES string of the molecule is CCCCP(CCCC)CCCC.CCCCP(CCCC)CCCC.[C-]#Cc1ccccc1.[C-]#Cc1ccccc1.[Ni+2]. The van der Waals surface area contributed by atoms with Crippen molar-refractivity contribution < 1.29 is 16.5 Å². The van der Waals surface area contributed by atoms with Gasteiger partial charge < -0.3 is 12.8 Å². The summed E-state index contributed by atoms with van der Waals surface area (Å²) >= 11 is 0. The fourth-order valence-electron chi connectivity index (χ4n) is 4.00. The van der Waals surface area contributed by atoms with E-state index in [0.29, 0.717) is 15.8 Å². The third kappa shape index (κ3) is 33.6. The second-order valence-electron chi connectivity index (χ2n) is 10.8. The topological polar surface area (TPSA) is 0 Å². The van der Waals surface area contributed by atoms with Crippen LogP contribution < -0.4 is 0 Å². The van der Waals surface area contributed by atoms with Crippen LogP contribution in [-0.4, -0.2) is 37.0 Å². The molecule has 2 aromatic carbocycles. The zero-order chi connectivity index (χ0) is 31.5. The Morgan fingerprint density at radius 2 is 0.628 bits per heavy atom. The van der Waals surface area contributed by atoms with Gasteiger partial charge in [0.25, 0.3) is 0 Å². The van der Waals surface area contributed by atoms with Crippen LogP contribution in [0.5, 0.6) is 0 Å². The van der Waals surface area contributed by atoms with Crippen LogP contribution in [0.2, 0.25) is 0 Å². The van der Waals surface area contributed by atoms with Crippen molar-refractivity contribution in [3.63, 3.8) is 0 Å². The van der Waals surface area contributed by atoms with Gasteiger partial charge in [0, 0.05) is 0 Å². The second kappa shape index (κ2) is 38.9. The Morgan fingerprint density at radius 3 is 0.767 bits per heavy atom. The molecule has 0 unspecified atom stereocenters. The summed E-state index contributed by atoms with van der Waals surface area (Å²) in [6.07, 6.45) is 39.8. The Labute approximate surface area is 283 Å². The Bertz CT molecular complexity index is 742. The zero-order valence-electron chi connectivity index (χ0n) is 28.7. The maximum atomic E-state index is 6.69. The van der Waals surface area contributed by atoms with Crippen LogP contribution in [0, 0.1) is 24.7 Å². The van der Waals surface area contributed by atoms with E-state index in [4.69, 9.17) is 12.8 Å². The summed E-state index contributed by atoms with van der Waals surface area (Å²) in [4.78, 5) is 0. The molecule has 0 fully saturated rings. The first-order valence-electron chi connectivity index (χ1n) is 17.0. The zero-order valence-corrected chi connectivity index (χ0v) is 31.5. The van der Waals surface area contributed by atoms with E-state index in [0.717, 1.165) is 11.1 Å². The van der Waals surface area contributed by atoms with Crippen LogP contribution in [0.25, 0.3) is 0 Å². The molecule has 0 spiro atoms. The molecule has 0 atom stereocenters. The largest absolute Gasteiger partial charge is 2.00 e. The first-order valence-corrected chi connectivity index (χ1v) is 20.8. The molecule has 0 radical (unpaired) electrons. The summed E-state index contributed by atoms with van der Waals surface area (Å²) in [6.45, 7) is 13.9. The molecule has 2 aromatic rings. The summed E-state index contributed by atoms with van der Waals surface area (Å²) in [5.74, 6) is 4.55. The van der Waals surface area contributed by atoms with Crippen molar-refractivity contribution in [2.45, 2.75) is 119 Å². The molecular formula is C40H64NiP2. The number of unbranched alkanes of at least 4 members (excludes halogenated alkanes) is 6. The summed E-state index contributed by atoms with van der Waals surface area (Å²) in [5.41, 5.74) is 1.65. The molecular weight excluding hydrogens is 601 g/mol. The van der Waals surface area contributed by atoms with Gasteiger partial charge in [0.05, 0.1) is 0 Å². The molecule has 0 aliphatic heterocycles. The standard InChI is InChI=1S/2C12H27P.2C8H5.Ni/c2*1-4-7-10-13(11-8-5-2)12-9-6-3;2*1-2-8-6-4-3-5-7-8;/h2*4-12H2,1-3H3;2*3-7H;/q;;2*-1;+2. The normalized spacial score (nSPS) is 9.63. The van der Waals surface area contributed by atoms with Gasteiger partial charge in [-0.2, -0.15) is 0 Å². The molecule has 0 aliphatic rings. The van der Waals surface area contributed by atoms with Gasteiger partial charge in [-0.15, -0.1) is 51.2 Å². The van der Waals surface area contributed by atoms with Crippen molar-refractivity contribution >= 4 is 15.8 Å². The molecule has 0 saturated carbocycles. The molecule has 244 valence electrons. The van der Waals surface area contributed by atoms with Gasteiger partial charge >= 0.3 is 16.5 Å². The van der Waals surface area contributed by atoms with E-state index < -0.39 is 0 Å². The molecule has 0 amide bonds. The maximum Gasteiger partial charge on any atom is 2.00 e. The number of hydrogen-bond acceptors (Lipinski definition) is 0. The predicted octanol–water partition coefficient (Wildman–Crippen LogP) is 13.0. The van der Waals surface area contributed by atoms with E-state index in [1.165, 1.54) is 77.0 Å². The average molecular weight is 666 g/mol. The Hall–Kier alpha value is -1.09. The van der Waals surface area contributed by atoms with E-state index >= 15 is 0 Å². The molecule has 0 aliphatic carbocycles. The third-order valence-corrected chi connectivity index (χ3v) is 12.5. The van der Waals surface area contributed by atoms with Gasteiger partial charge in [-0.3, -0.25) is 11.8 Å². The van der Waals surface area contributed by atoms with E-state index in [-0.39, 0.29) is 16.5 Å². The molecule has 3 heteroatoms. The quantitative estimate of drug-likeness (QED) is 0.0643. The van der Waals surface area contributed by atoms with Crippen molar-refractivity contribution in [3.05, 3.63) is 84.6 Å². The number of rotatable bonds is 18. The van der Waals surface area contributed by atoms with Crippen molar-refractivity contribution in [2.75, 3.05) is 37.0 Å². The van der Waals surface area contributed by atoms with Gasteiger partial charge in [-0.25, -0.2) is 0 Å². The Kier molecular flexibility index (Phi) is 42.0. The van der Waals surface area contributed by atoms with Crippen molar-refractivity contribution in [2.24, 2.45) is 0 Å². The first-order chi connectivity index (χ1) is 20.6. The van der Waals surface area contributed by atoms with Crippen LogP contribution in [-0.2, 0) is 16.5 Å². The molecule has 0 bridgehead atoms. The molecule has 43 heavy (non-hydrogen) atoms. The summed E-state index contributed by atoms with van der Waals surface area (Å²) in [7, 11) is 0.843. The van der Waals surface area contributed by atoms with E-state index in [1.54, 1.807) is 37.0 Å². The first kappa shape index (κ1) is 46.3.